The van der Waals surface area contributed by atoms with Gasteiger partial charge in [0.15, 0.2) is 0 Å². The molecule has 1 unspecified atom stereocenters. The van der Waals surface area contributed by atoms with Crippen molar-refractivity contribution in [1.29, 1.82) is 0 Å². The van der Waals surface area contributed by atoms with E-state index < -0.39 is 0 Å². The van der Waals surface area contributed by atoms with Gasteiger partial charge >= 0.3 is 0 Å². The molecule has 2 heterocycles. The van der Waals surface area contributed by atoms with E-state index in [4.69, 9.17) is 4.74 Å². The first-order valence-corrected chi connectivity index (χ1v) is 10.2. The Morgan fingerprint density at radius 3 is 2.57 bits per heavy atom. The zero-order chi connectivity index (χ0) is 19.1. The Kier molecular flexibility index (Phi) is 6.15. The predicted octanol–water partition coefficient (Wildman–Crippen LogP) is 4.51. The molecule has 1 aliphatic heterocycles. The maximum Gasteiger partial charge on any atom is 0.0720 e. The molecule has 2 aromatic carbocycles. The molecule has 0 amide bonds. The topological polar surface area (TPSA) is 34.2 Å². The fourth-order valence-electron chi connectivity index (χ4n) is 4.28. The van der Waals surface area contributed by atoms with E-state index in [2.05, 4.69) is 71.0 Å². The highest BCUT2D eigenvalue weighted by Gasteiger charge is 2.38. The minimum absolute atomic E-state index is 0.0568. The molecule has 1 aromatic heterocycles. The zero-order valence-electron chi connectivity index (χ0n) is 16.3. The lowest BCUT2D eigenvalue weighted by atomic mass is 9.69. The van der Waals surface area contributed by atoms with E-state index in [0.717, 1.165) is 44.7 Å². The van der Waals surface area contributed by atoms with Gasteiger partial charge in [-0.15, -0.1) is 0 Å². The molecule has 4 rings (SSSR count). The fraction of sp³-hybridized carbons (Fsp3) is 0.320. The molecular weight excluding hydrogens is 344 g/mol. The number of aromatic nitrogens is 1. The lowest BCUT2D eigenvalue weighted by molar-refractivity contribution is 0.0613. The lowest BCUT2D eigenvalue weighted by Crippen LogP contribution is -2.38. The Labute approximate surface area is 167 Å². The third kappa shape index (κ3) is 4.16. The average Bonchev–Trinajstić information content (AvgIpc) is 2.77. The molecule has 0 aliphatic carbocycles. The molecule has 3 aromatic rings. The Morgan fingerprint density at radius 1 is 0.893 bits per heavy atom. The highest BCUT2D eigenvalue weighted by molar-refractivity contribution is 5.45. The Morgan fingerprint density at radius 2 is 1.71 bits per heavy atom. The van der Waals surface area contributed by atoms with E-state index in [0.29, 0.717) is 6.61 Å². The molecular formula is C25H28N2O. The molecule has 1 N–H and O–H groups in total. The number of fused-ring (bicyclic) bond motifs is 1. The molecule has 0 spiro atoms. The summed E-state index contributed by atoms with van der Waals surface area (Å²) < 4.78 is 6.07. The van der Waals surface area contributed by atoms with Crippen LogP contribution in [0.25, 0.3) is 0 Å². The van der Waals surface area contributed by atoms with Gasteiger partial charge in [0.05, 0.1) is 13.2 Å². The SMILES string of the molecule is c1ccc(C2(CCCNCCc3ccccn3)COCc3ccccc32)cc1. The van der Waals surface area contributed by atoms with Crippen molar-refractivity contribution in [1.82, 2.24) is 10.3 Å². The van der Waals surface area contributed by atoms with Crippen LogP contribution in [0.3, 0.4) is 0 Å². The van der Waals surface area contributed by atoms with Gasteiger partial charge in [-0.3, -0.25) is 4.98 Å². The van der Waals surface area contributed by atoms with Crippen LogP contribution in [0.4, 0.5) is 0 Å². The average molecular weight is 373 g/mol. The van der Waals surface area contributed by atoms with Crippen LogP contribution in [-0.4, -0.2) is 24.7 Å². The first-order valence-electron chi connectivity index (χ1n) is 10.2. The molecule has 0 saturated carbocycles. The van der Waals surface area contributed by atoms with Gasteiger partial charge in [-0.25, -0.2) is 0 Å². The Bertz CT molecular complexity index is 866. The summed E-state index contributed by atoms with van der Waals surface area (Å²) in [6.07, 6.45) is 5.01. The quantitative estimate of drug-likeness (QED) is 0.591. The molecule has 1 atom stereocenters. The number of nitrogens with one attached hydrogen (secondary N) is 1. The first-order chi connectivity index (χ1) is 13.9. The van der Waals surface area contributed by atoms with Gasteiger partial charge in [0.2, 0.25) is 0 Å². The Balaban J connectivity index is 1.42. The smallest absolute Gasteiger partial charge is 0.0720 e. The van der Waals surface area contributed by atoms with Crippen LogP contribution in [0.5, 0.6) is 0 Å². The van der Waals surface area contributed by atoms with Crippen LogP contribution >= 0.6 is 0 Å². The minimum Gasteiger partial charge on any atom is -0.375 e. The van der Waals surface area contributed by atoms with Gasteiger partial charge in [0.1, 0.15) is 0 Å². The van der Waals surface area contributed by atoms with Crippen molar-refractivity contribution in [3.63, 3.8) is 0 Å². The molecule has 3 nitrogen and oxygen atoms in total. The number of ether oxygens (including phenoxy) is 1. The van der Waals surface area contributed by atoms with Gasteiger partial charge in [-0.1, -0.05) is 60.7 Å². The van der Waals surface area contributed by atoms with E-state index in [1.54, 1.807) is 0 Å². The van der Waals surface area contributed by atoms with E-state index in [1.165, 1.54) is 16.7 Å². The zero-order valence-corrected chi connectivity index (χ0v) is 16.3. The van der Waals surface area contributed by atoms with Crippen molar-refractivity contribution in [2.45, 2.75) is 31.3 Å². The predicted molar refractivity (Wildman–Crippen MR) is 113 cm³/mol. The third-order valence-electron chi connectivity index (χ3n) is 5.71. The summed E-state index contributed by atoms with van der Waals surface area (Å²) in [5.74, 6) is 0. The van der Waals surface area contributed by atoms with Gasteiger partial charge in [0.25, 0.3) is 0 Å². The van der Waals surface area contributed by atoms with Crippen molar-refractivity contribution in [2.75, 3.05) is 19.7 Å². The van der Waals surface area contributed by atoms with Gasteiger partial charge in [-0.05, 0) is 48.2 Å². The van der Waals surface area contributed by atoms with Gasteiger partial charge in [0, 0.05) is 30.3 Å². The van der Waals surface area contributed by atoms with Crippen molar-refractivity contribution in [2.24, 2.45) is 0 Å². The van der Waals surface area contributed by atoms with Crippen LogP contribution < -0.4 is 5.32 Å². The highest BCUT2D eigenvalue weighted by Crippen LogP contribution is 2.41. The third-order valence-corrected chi connectivity index (χ3v) is 5.71. The monoisotopic (exact) mass is 372 g/mol. The second kappa shape index (κ2) is 9.13. The maximum atomic E-state index is 6.07. The normalized spacial score (nSPS) is 18.6. The summed E-state index contributed by atoms with van der Waals surface area (Å²) in [5, 5.41) is 3.59. The molecule has 1 aliphatic rings. The number of pyridine rings is 1. The molecule has 0 fully saturated rings. The number of benzene rings is 2. The second-order valence-corrected chi connectivity index (χ2v) is 7.52. The van der Waals surface area contributed by atoms with Crippen molar-refractivity contribution >= 4 is 0 Å². The molecule has 0 bridgehead atoms. The molecule has 0 saturated heterocycles. The summed E-state index contributed by atoms with van der Waals surface area (Å²) >= 11 is 0. The molecule has 144 valence electrons. The number of hydrogen-bond donors (Lipinski definition) is 1. The highest BCUT2D eigenvalue weighted by atomic mass is 16.5. The summed E-state index contributed by atoms with van der Waals surface area (Å²) in [7, 11) is 0. The summed E-state index contributed by atoms with van der Waals surface area (Å²) in [4.78, 5) is 4.39. The maximum absolute atomic E-state index is 6.07. The van der Waals surface area contributed by atoms with E-state index in [-0.39, 0.29) is 5.41 Å². The largest absolute Gasteiger partial charge is 0.375 e. The number of nitrogens with zero attached hydrogens (tertiary/aromatic N) is 1. The van der Waals surface area contributed by atoms with Crippen LogP contribution in [-0.2, 0) is 23.2 Å². The van der Waals surface area contributed by atoms with Crippen LogP contribution in [0.15, 0.2) is 79.0 Å². The minimum atomic E-state index is -0.0568. The van der Waals surface area contributed by atoms with E-state index >= 15 is 0 Å². The second-order valence-electron chi connectivity index (χ2n) is 7.52. The number of rotatable bonds is 8. The summed E-state index contributed by atoms with van der Waals surface area (Å²) in [6, 6.07) is 25.7. The summed E-state index contributed by atoms with van der Waals surface area (Å²) in [5.41, 5.74) is 5.20. The van der Waals surface area contributed by atoms with Gasteiger partial charge < -0.3 is 10.1 Å². The molecule has 3 heteroatoms. The van der Waals surface area contributed by atoms with E-state index in [1.807, 2.05) is 18.3 Å². The lowest BCUT2D eigenvalue weighted by Gasteiger charge is -2.40. The van der Waals surface area contributed by atoms with Gasteiger partial charge in [-0.2, -0.15) is 0 Å². The van der Waals surface area contributed by atoms with Crippen LogP contribution in [0.1, 0.15) is 35.2 Å². The molecule has 0 radical (unpaired) electrons. The number of hydrogen-bond acceptors (Lipinski definition) is 3. The van der Waals surface area contributed by atoms with Crippen LogP contribution in [0.2, 0.25) is 0 Å². The summed E-state index contributed by atoms with van der Waals surface area (Å²) in [6.45, 7) is 3.43. The van der Waals surface area contributed by atoms with Crippen molar-refractivity contribution in [3.05, 3.63) is 101 Å². The van der Waals surface area contributed by atoms with Crippen molar-refractivity contribution < 1.29 is 4.74 Å². The fourth-order valence-corrected chi connectivity index (χ4v) is 4.28. The Hall–Kier alpha value is -2.49. The van der Waals surface area contributed by atoms with Crippen molar-refractivity contribution in [3.8, 4) is 0 Å². The first kappa shape index (κ1) is 18.9. The van der Waals surface area contributed by atoms with Crippen LogP contribution in [0, 0.1) is 0 Å². The standard InChI is InChI=1S/C25H28N2O/c1-2-10-22(11-3-1)25(20-28-19-21-9-4-5-13-24(21)25)15-8-16-26-18-14-23-12-6-7-17-27-23/h1-7,9-13,17,26H,8,14-16,18-20H2. The molecule has 28 heavy (non-hydrogen) atoms. The van der Waals surface area contributed by atoms with E-state index in [9.17, 15) is 0 Å².